The van der Waals surface area contributed by atoms with E-state index in [9.17, 15) is 4.79 Å². The van der Waals surface area contributed by atoms with Crippen LogP contribution in [0.2, 0.25) is 5.02 Å². The van der Waals surface area contributed by atoms with Gasteiger partial charge in [-0.05, 0) is 49.6 Å². The Kier molecular flexibility index (Phi) is 4.34. The molecule has 2 unspecified atom stereocenters. The van der Waals surface area contributed by atoms with Gasteiger partial charge in [-0.15, -0.1) is 0 Å². The SMILES string of the molecule is CC(Oc1ccc(Cl)cc1)C(=O)NC1CCc2cn[nH]c2C1. The predicted molar refractivity (Wildman–Crippen MR) is 84.1 cm³/mol. The smallest absolute Gasteiger partial charge is 0.261 e. The molecule has 0 aliphatic heterocycles. The number of nitrogens with zero attached hydrogens (tertiary/aromatic N) is 1. The number of aromatic nitrogens is 2. The summed E-state index contributed by atoms with van der Waals surface area (Å²) in [4.78, 5) is 12.2. The van der Waals surface area contributed by atoms with Crippen molar-refractivity contribution in [3.05, 3.63) is 46.7 Å². The molecule has 22 heavy (non-hydrogen) atoms. The first kappa shape index (κ1) is 14.9. The van der Waals surface area contributed by atoms with Gasteiger partial charge in [0.25, 0.3) is 5.91 Å². The van der Waals surface area contributed by atoms with E-state index >= 15 is 0 Å². The molecule has 1 heterocycles. The zero-order valence-electron chi connectivity index (χ0n) is 12.3. The van der Waals surface area contributed by atoms with Crippen molar-refractivity contribution in [2.24, 2.45) is 0 Å². The molecular formula is C16H18ClN3O2. The monoisotopic (exact) mass is 319 g/mol. The molecule has 1 amide bonds. The number of H-pyrrole nitrogens is 1. The minimum Gasteiger partial charge on any atom is -0.481 e. The van der Waals surface area contributed by atoms with Crippen LogP contribution >= 0.6 is 11.6 Å². The van der Waals surface area contributed by atoms with Crippen molar-refractivity contribution in [2.45, 2.75) is 38.3 Å². The molecule has 0 fully saturated rings. The summed E-state index contributed by atoms with van der Waals surface area (Å²) >= 11 is 5.83. The Labute approximate surface area is 134 Å². The summed E-state index contributed by atoms with van der Waals surface area (Å²) in [5.41, 5.74) is 2.36. The molecule has 0 saturated heterocycles. The van der Waals surface area contributed by atoms with Gasteiger partial charge >= 0.3 is 0 Å². The van der Waals surface area contributed by atoms with E-state index in [2.05, 4.69) is 15.5 Å². The summed E-state index contributed by atoms with van der Waals surface area (Å²) in [6.45, 7) is 1.74. The number of amides is 1. The minimum absolute atomic E-state index is 0.108. The molecule has 0 bridgehead atoms. The van der Waals surface area contributed by atoms with Gasteiger partial charge in [-0.3, -0.25) is 9.89 Å². The fourth-order valence-electron chi connectivity index (χ4n) is 2.62. The van der Waals surface area contributed by atoms with Crippen molar-refractivity contribution in [3.8, 4) is 5.75 Å². The van der Waals surface area contributed by atoms with E-state index in [1.807, 2.05) is 6.20 Å². The quantitative estimate of drug-likeness (QED) is 0.910. The third-order valence-corrected chi connectivity index (χ3v) is 4.11. The summed E-state index contributed by atoms with van der Waals surface area (Å²) < 4.78 is 5.64. The molecule has 5 nitrogen and oxygen atoms in total. The Morgan fingerprint density at radius 3 is 3.00 bits per heavy atom. The third kappa shape index (κ3) is 3.42. The highest BCUT2D eigenvalue weighted by molar-refractivity contribution is 6.30. The zero-order valence-corrected chi connectivity index (χ0v) is 13.1. The molecule has 2 N–H and O–H groups in total. The third-order valence-electron chi connectivity index (χ3n) is 3.86. The standard InChI is InChI=1S/C16H18ClN3O2/c1-10(22-14-6-3-12(17)4-7-14)16(21)19-13-5-2-11-9-18-20-15(11)8-13/h3-4,6-7,9-10,13H,2,5,8H2,1H3,(H,18,20)(H,19,21). The average molecular weight is 320 g/mol. The predicted octanol–water partition coefficient (Wildman–Crippen LogP) is 2.50. The van der Waals surface area contributed by atoms with Crippen LogP contribution in [0.15, 0.2) is 30.5 Å². The van der Waals surface area contributed by atoms with Crippen LogP contribution in [0.1, 0.15) is 24.6 Å². The lowest BCUT2D eigenvalue weighted by Crippen LogP contribution is -2.44. The highest BCUT2D eigenvalue weighted by atomic mass is 35.5. The van der Waals surface area contributed by atoms with Crippen molar-refractivity contribution in [1.82, 2.24) is 15.5 Å². The second kappa shape index (κ2) is 6.40. The Morgan fingerprint density at radius 1 is 1.45 bits per heavy atom. The molecule has 116 valence electrons. The zero-order chi connectivity index (χ0) is 15.5. The molecule has 1 aliphatic carbocycles. The maximum Gasteiger partial charge on any atom is 0.261 e. The van der Waals surface area contributed by atoms with Gasteiger partial charge in [0.05, 0.1) is 6.20 Å². The second-order valence-electron chi connectivity index (χ2n) is 5.54. The molecule has 0 spiro atoms. The lowest BCUT2D eigenvalue weighted by Gasteiger charge is -2.24. The van der Waals surface area contributed by atoms with Gasteiger partial charge < -0.3 is 10.1 Å². The summed E-state index contributed by atoms with van der Waals surface area (Å²) in [6.07, 6.45) is 3.95. The number of benzene rings is 1. The van der Waals surface area contributed by atoms with Gasteiger partial charge in [-0.2, -0.15) is 5.10 Å². The van der Waals surface area contributed by atoms with Crippen LogP contribution in [-0.2, 0) is 17.6 Å². The van der Waals surface area contributed by atoms with Gasteiger partial charge in [0.1, 0.15) is 5.75 Å². The number of nitrogens with one attached hydrogen (secondary N) is 2. The fraction of sp³-hybridized carbons (Fsp3) is 0.375. The van der Waals surface area contributed by atoms with Crippen LogP contribution in [0.5, 0.6) is 5.75 Å². The Hall–Kier alpha value is -2.01. The number of fused-ring (bicyclic) bond motifs is 1. The first-order valence-corrected chi connectivity index (χ1v) is 7.73. The Bertz CT molecular complexity index is 654. The second-order valence-corrected chi connectivity index (χ2v) is 5.97. The lowest BCUT2D eigenvalue weighted by molar-refractivity contribution is -0.128. The van der Waals surface area contributed by atoms with Gasteiger partial charge in [-0.1, -0.05) is 11.6 Å². The summed E-state index contributed by atoms with van der Waals surface area (Å²) in [6, 6.07) is 7.11. The largest absolute Gasteiger partial charge is 0.481 e. The van der Waals surface area contributed by atoms with Crippen molar-refractivity contribution in [2.75, 3.05) is 0 Å². The fourth-order valence-corrected chi connectivity index (χ4v) is 2.75. The number of aromatic amines is 1. The van der Waals surface area contributed by atoms with E-state index in [0.29, 0.717) is 10.8 Å². The van der Waals surface area contributed by atoms with Crippen LogP contribution in [0.25, 0.3) is 0 Å². The van der Waals surface area contributed by atoms with E-state index in [4.69, 9.17) is 16.3 Å². The van der Waals surface area contributed by atoms with Gasteiger partial charge in [-0.25, -0.2) is 0 Å². The van der Waals surface area contributed by atoms with E-state index in [1.165, 1.54) is 5.56 Å². The number of hydrogen-bond acceptors (Lipinski definition) is 3. The molecule has 3 rings (SSSR count). The molecule has 0 radical (unpaired) electrons. The number of rotatable bonds is 4. The first-order chi connectivity index (χ1) is 10.6. The number of carbonyl (C=O) groups is 1. The topological polar surface area (TPSA) is 67.0 Å². The molecule has 1 aromatic heterocycles. The van der Waals surface area contributed by atoms with Crippen LogP contribution in [0, 0.1) is 0 Å². The maximum atomic E-state index is 12.2. The highest BCUT2D eigenvalue weighted by Gasteiger charge is 2.24. The number of halogens is 1. The number of carbonyl (C=O) groups excluding carboxylic acids is 1. The highest BCUT2D eigenvalue weighted by Crippen LogP contribution is 2.20. The molecular weight excluding hydrogens is 302 g/mol. The summed E-state index contributed by atoms with van der Waals surface area (Å²) in [5.74, 6) is 0.523. The van der Waals surface area contributed by atoms with Crippen molar-refractivity contribution < 1.29 is 9.53 Å². The van der Waals surface area contributed by atoms with Crippen LogP contribution in [0.3, 0.4) is 0 Å². The minimum atomic E-state index is -0.552. The van der Waals surface area contributed by atoms with Crippen molar-refractivity contribution in [3.63, 3.8) is 0 Å². The average Bonchev–Trinajstić information content (AvgIpc) is 2.97. The van der Waals surface area contributed by atoms with Crippen LogP contribution in [-0.4, -0.2) is 28.3 Å². The van der Waals surface area contributed by atoms with E-state index in [1.54, 1.807) is 31.2 Å². The summed E-state index contributed by atoms with van der Waals surface area (Å²) in [7, 11) is 0. The molecule has 6 heteroatoms. The first-order valence-electron chi connectivity index (χ1n) is 7.35. The van der Waals surface area contributed by atoms with Crippen molar-refractivity contribution in [1.29, 1.82) is 0 Å². The van der Waals surface area contributed by atoms with Crippen molar-refractivity contribution >= 4 is 17.5 Å². The van der Waals surface area contributed by atoms with Gasteiger partial charge in [0.15, 0.2) is 6.10 Å². The molecule has 1 aliphatic rings. The molecule has 2 atom stereocenters. The molecule has 1 aromatic carbocycles. The number of hydrogen-bond donors (Lipinski definition) is 2. The molecule has 0 saturated carbocycles. The normalized spacial score (nSPS) is 18.4. The van der Waals surface area contributed by atoms with Gasteiger partial charge in [0, 0.05) is 23.2 Å². The van der Waals surface area contributed by atoms with E-state index in [-0.39, 0.29) is 11.9 Å². The number of ether oxygens (including phenoxy) is 1. The summed E-state index contributed by atoms with van der Waals surface area (Å²) in [5, 5.41) is 10.7. The number of aryl methyl sites for hydroxylation is 1. The lowest BCUT2D eigenvalue weighted by atomic mass is 9.93. The van der Waals surface area contributed by atoms with Gasteiger partial charge in [0.2, 0.25) is 0 Å². The van der Waals surface area contributed by atoms with E-state index < -0.39 is 6.10 Å². The van der Waals surface area contributed by atoms with Crippen LogP contribution in [0.4, 0.5) is 0 Å². The maximum absolute atomic E-state index is 12.2. The Balaban J connectivity index is 1.54. The molecule has 2 aromatic rings. The van der Waals surface area contributed by atoms with E-state index in [0.717, 1.165) is 25.0 Å². The Morgan fingerprint density at radius 2 is 2.23 bits per heavy atom. The van der Waals surface area contributed by atoms with Crippen LogP contribution < -0.4 is 10.1 Å².